The molecule has 4 nitrogen and oxygen atoms in total. The van der Waals surface area contributed by atoms with Crippen LogP contribution in [-0.4, -0.2) is 35.4 Å². The van der Waals surface area contributed by atoms with Gasteiger partial charge in [-0.05, 0) is 30.7 Å². The maximum atomic E-state index is 12.6. The molecule has 0 aliphatic carbocycles. The van der Waals surface area contributed by atoms with Crippen molar-refractivity contribution in [3.63, 3.8) is 0 Å². The van der Waals surface area contributed by atoms with Gasteiger partial charge in [0.25, 0.3) is 5.91 Å². The number of halogens is 1. The maximum Gasteiger partial charge on any atom is 0.255 e. The van der Waals surface area contributed by atoms with Crippen LogP contribution < -0.4 is 5.32 Å². The number of nitrogens with one attached hydrogen (secondary N) is 1. The topological polar surface area (TPSA) is 45.2 Å². The van der Waals surface area contributed by atoms with Crippen LogP contribution in [0.1, 0.15) is 50.4 Å². The van der Waals surface area contributed by atoms with E-state index in [1.165, 1.54) is 0 Å². The fourth-order valence-electron chi connectivity index (χ4n) is 2.44. The lowest BCUT2D eigenvalue weighted by Crippen LogP contribution is -2.41. The molecule has 0 aromatic carbocycles. The molecule has 0 bridgehead atoms. The van der Waals surface area contributed by atoms with Gasteiger partial charge in [-0.2, -0.15) is 0 Å². The van der Waals surface area contributed by atoms with Crippen molar-refractivity contribution in [2.75, 3.05) is 25.0 Å². The summed E-state index contributed by atoms with van der Waals surface area (Å²) in [7, 11) is 0. The monoisotopic (exact) mass is 309 g/mol. The third-order valence-corrected chi connectivity index (χ3v) is 4.35. The number of hydrogen-bond donors (Lipinski definition) is 1. The Hall–Kier alpha value is -1.29. The number of hydrogen-bond acceptors (Lipinski definition) is 3. The molecule has 1 saturated heterocycles. The third-order valence-electron chi connectivity index (χ3n) is 4.05. The van der Waals surface area contributed by atoms with Gasteiger partial charge in [0.05, 0.1) is 10.6 Å². The minimum absolute atomic E-state index is 0.0115. The zero-order valence-corrected chi connectivity index (χ0v) is 13.8. The molecule has 0 spiro atoms. The maximum absolute atomic E-state index is 12.6. The first kappa shape index (κ1) is 16.1. The van der Waals surface area contributed by atoms with E-state index < -0.39 is 0 Å². The number of amides is 1. The van der Waals surface area contributed by atoms with Gasteiger partial charge < -0.3 is 10.2 Å². The SMILES string of the molecule is CCCNc1cc(C(=O)N2CCC(C)(C)CC2)c(Cl)cn1. The van der Waals surface area contributed by atoms with Crippen molar-refractivity contribution >= 4 is 23.3 Å². The molecule has 5 heteroatoms. The van der Waals surface area contributed by atoms with Gasteiger partial charge in [0.1, 0.15) is 5.82 Å². The number of pyridine rings is 1. The first-order chi connectivity index (χ1) is 9.93. The summed E-state index contributed by atoms with van der Waals surface area (Å²) in [6.45, 7) is 9.01. The van der Waals surface area contributed by atoms with Gasteiger partial charge >= 0.3 is 0 Å². The number of rotatable bonds is 4. The molecule has 1 N–H and O–H groups in total. The van der Waals surface area contributed by atoms with Crippen LogP contribution in [0.3, 0.4) is 0 Å². The molecule has 116 valence electrons. The Morgan fingerprint density at radius 3 is 2.71 bits per heavy atom. The summed E-state index contributed by atoms with van der Waals surface area (Å²) < 4.78 is 0. The van der Waals surface area contributed by atoms with Crippen LogP contribution in [0, 0.1) is 5.41 Å². The second-order valence-electron chi connectivity index (χ2n) is 6.43. The largest absolute Gasteiger partial charge is 0.370 e. The highest BCUT2D eigenvalue weighted by molar-refractivity contribution is 6.33. The van der Waals surface area contributed by atoms with E-state index >= 15 is 0 Å². The van der Waals surface area contributed by atoms with Crippen LogP contribution in [0.15, 0.2) is 12.3 Å². The minimum Gasteiger partial charge on any atom is -0.370 e. The second kappa shape index (κ2) is 6.65. The molecule has 0 atom stereocenters. The average molecular weight is 310 g/mol. The predicted molar refractivity (Wildman–Crippen MR) is 86.9 cm³/mol. The molecule has 1 aliphatic rings. The molecule has 0 saturated carbocycles. The summed E-state index contributed by atoms with van der Waals surface area (Å²) in [6, 6.07) is 1.76. The number of anilines is 1. The van der Waals surface area contributed by atoms with Gasteiger partial charge in [-0.3, -0.25) is 4.79 Å². The lowest BCUT2D eigenvalue weighted by Gasteiger charge is -2.37. The summed E-state index contributed by atoms with van der Waals surface area (Å²) in [6.07, 6.45) is 4.63. The molecule has 21 heavy (non-hydrogen) atoms. The Morgan fingerprint density at radius 1 is 1.43 bits per heavy atom. The standard InChI is InChI=1S/C16H24ClN3O/c1-4-7-18-14-10-12(13(17)11-19-14)15(21)20-8-5-16(2,3)6-9-20/h10-11H,4-9H2,1-3H3,(H,18,19). The molecule has 2 rings (SSSR count). The van der Waals surface area contributed by atoms with Gasteiger partial charge in [0.2, 0.25) is 0 Å². The highest BCUT2D eigenvalue weighted by atomic mass is 35.5. The Labute approximate surface area is 131 Å². The van der Waals surface area contributed by atoms with Crippen LogP contribution in [0.4, 0.5) is 5.82 Å². The third kappa shape index (κ3) is 4.10. The van der Waals surface area contributed by atoms with Crippen molar-refractivity contribution in [1.29, 1.82) is 0 Å². The lowest BCUT2D eigenvalue weighted by atomic mass is 9.82. The highest BCUT2D eigenvalue weighted by Crippen LogP contribution is 2.31. The molecule has 0 radical (unpaired) electrons. The van der Waals surface area contributed by atoms with Gasteiger partial charge in [-0.1, -0.05) is 32.4 Å². The molecule has 1 aromatic heterocycles. The summed E-state index contributed by atoms with van der Waals surface area (Å²) in [5.41, 5.74) is 0.872. The van der Waals surface area contributed by atoms with Gasteiger partial charge in [-0.15, -0.1) is 0 Å². The number of nitrogens with zero attached hydrogens (tertiary/aromatic N) is 2. The summed E-state index contributed by atoms with van der Waals surface area (Å²) in [4.78, 5) is 18.8. The Balaban J connectivity index is 2.11. The number of carbonyl (C=O) groups excluding carboxylic acids is 1. The number of carbonyl (C=O) groups is 1. The molecule has 0 unspecified atom stereocenters. The van der Waals surface area contributed by atoms with E-state index in [4.69, 9.17) is 11.6 Å². The normalized spacial score (nSPS) is 17.6. The summed E-state index contributed by atoms with van der Waals surface area (Å²) in [5, 5.41) is 3.62. The Bertz CT molecular complexity index is 506. The first-order valence-electron chi connectivity index (χ1n) is 7.61. The zero-order chi connectivity index (χ0) is 15.5. The number of piperidine rings is 1. The summed E-state index contributed by atoms with van der Waals surface area (Å²) in [5.74, 6) is 0.722. The molecule has 1 aliphatic heterocycles. The minimum atomic E-state index is 0.0115. The van der Waals surface area contributed by atoms with Gasteiger partial charge in [0, 0.05) is 25.8 Å². The Morgan fingerprint density at radius 2 is 2.10 bits per heavy atom. The van der Waals surface area contributed by atoms with E-state index in [1.807, 2.05) is 4.90 Å². The second-order valence-corrected chi connectivity index (χ2v) is 6.84. The van der Waals surface area contributed by atoms with Crippen molar-refractivity contribution in [2.24, 2.45) is 5.41 Å². The quantitative estimate of drug-likeness (QED) is 0.919. The number of likely N-dealkylation sites (tertiary alicyclic amines) is 1. The predicted octanol–water partition coefficient (Wildman–Crippen LogP) is 3.82. The van der Waals surface area contributed by atoms with Crippen molar-refractivity contribution in [1.82, 2.24) is 9.88 Å². The lowest BCUT2D eigenvalue weighted by molar-refractivity contribution is 0.0630. The van der Waals surface area contributed by atoms with Crippen molar-refractivity contribution < 1.29 is 4.79 Å². The van der Waals surface area contributed by atoms with Crippen LogP contribution in [-0.2, 0) is 0 Å². The molecule has 1 aromatic rings. The van der Waals surface area contributed by atoms with Crippen LogP contribution >= 0.6 is 11.6 Å². The van der Waals surface area contributed by atoms with Gasteiger partial charge in [0.15, 0.2) is 0 Å². The average Bonchev–Trinajstić information content (AvgIpc) is 2.46. The van der Waals surface area contributed by atoms with E-state index in [1.54, 1.807) is 12.3 Å². The van der Waals surface area contributed by atoms with Crippen molar-refractivity contribution in [3.05, 3.63) is 22.8 Å². The highest BCUT2D eigenvalue weighted by Gasteiger charge is 2.29. The van der Waals surface area contributed by atoms with E-state index in [9.17, 15) is 4.79 Å². The smallest absolute Gasteiger partial charge is 0.255 e. The fraction of sp³-hybridized carbons (Fsp3) is 0.625. The van der Waals surface area contributed by atoms with E-state index in [0.29, 0.717) is 21.8 Å². The fourth-order valence-corrected chi connectivity index (χ4v) is 2.62. The van der Waals surface area contributed by atoms with Crippen molar-refractivity contribution in [3.8, 4) is 0 Å². The van der Waals surface area contributed by atoms with Crippen molar-refractivity contribution in [2.45, 2.75) is 40.0 Å². The van der Waals surface area contributed by atoms with E-state index in [2.05, 4.69) is 31.1 Å². The number of aromatic nitrogens is 1. The van der Waals surface area contributed by atoms with Gasteiger partial charge in [-0.25, -0.2) is 4.98 Å². The molecule has 2 heterocycles. The van der Waals surface area contributed by atoms with E-state index in [0.717, 1.165) is 38.9 Å². The molecule has 1 fully saturated rings. The first-order valence-corrected chi connectivity index (χ1v) is 7.99. The zero-order valence-electron chi connectivity index (χ0n) is 13.1. The van der Waals surface area contributed by atoms with Crippen LogP contribution in [0.2, 0.25) is 5.02 Å². The Kier molecular flexibility index (Phi) is 5.09. The molecular weight excluding hydrogens is 286 g/mol. The van der Waals surface area contributed by atoms with Crippen LogP contribution in [0.25, 0.3) is 0 Å². The van der Waals surface area contributed by atoms with E-state index in [-0.39, 0.29) is 5.91 Å². The molecular formula is C16H24ClN3O. The van der Waals surface area contributed by atoms with Crippen LogP contribution in [0.5, 0.6) is 0 Å². The summed E-state index contributed by atoms with van der Waals surface area (Å²) >= 11 is 6.16. The molecule has 1 amide bonds.